The van der Waals surface area contributed by atoms with Crippen molar-refractivity contribution >= 4 is 5.96 Å². The maximum atomic E-state index is 5.64. The summed E-state index contributed by atoms with van der Waals surface area (Å²) in [5.41, 5.74) is 1.50. The second kappa shape index (κ2) is 10.7. The highest BCUT2D eigenvalue weighted by Crippen LogP contribution is 2.34. The van der Waals surface area contributed by atoms with Gasteiger partial charge >= 0.3 is 0 Å². The first kappa shape index (κ1) is 21.7. The van der Waals surface area contributed by atoms with Crippen molar-refractivity contribution in [1.82, 2.24) is 15.5 Å². The number of benzene rings is 1. The summed E-state index contributed by atoms with van der Waals surface area (Å²) >= 11 is 0. The Balaban J connectivity index is 1.93. The lowest BCUT2D eigenvalue weighted by atomic mass is 9.74. The summed E-state index contributed by atoms with van der Waals surface area (Å²) in [6.45, 7) is 13.4. The Kier molecular flexibility index (Phi) is 8.58. The van der Waals surface area contributed by atoms with Gasteiger partial charge in [-0.15, -0.1) is 0 Å². The molecule has 5 nitrogen and oxygen atoms in total. The Labute approximate surface area is 165 Å². The monoisotopic (exact) mass is 374 g/mol. The Morgan fingerprint density at radius 3 is 2.26 bits per heavy atom. The number of nitrogens with zero attached hydrogens (tertiary/aromatic N) is 2. The van der Waals surface area contributed by atoms with E-state index in [9.17, 15) is 0 Å². The van der Waals surface area contributed by atoms with E-state index in [1.165, 1.54) is 5.56 Å². The van der Waals surface area contributed by atoms with Crippen molar-refractivity contribution in [2.45, 2.75) is 58.0 Å². The standard InChI is InChI=1S/C22H38N4O/c1-18(2)26(19(3)4)14-13-24-21(23-5)25-17-22(11-15-27-16-12-22)20-9-7-6-8-10-20/h6-10,18-19H,11-17H2,1-5H3,(H2,23,24,25). The summed E-state index contributed by atoms with van der Waals surface area (Å²) in [6, 6.07) is 11.9. The van der Waals surface area contributed by atoms with Crippen molar-refractivity contribution < 1.29 is 4.74 Å². The van der Waals surface area contributed by atoms with E-state index >= 15 is 0 Å². The SMILES string of the molecule is CN=C(NCCN(C(C)C)C(C)C)NCC1(c2ccccc2)CCOCC1. The molecule has 1 aromatic carbocycles. The van der Waals surface area contributed by atoms with E-state index in [2.05, 4.69) is 78.6 Å². The highest BCUT2D eigenvalue weighted by molar-refractivity contribution is 5.79. The number of nitrogens with one attached hydrogen (secondary N) is 2. The van der Waals surface area contributed by atoms with Gasteiger partial charge in [-0.1, -0.05) is 30.3 Å². The molecule has 1 aliphatic rings. The van der Waals surface area contributed by atoms with Crippen LogP contribution in [0.25, 0.3) is 0 Å². The quantitative estimate of drug-likeness (QED) is 0.542. The zero-order chi connectivity index (χ0) is 19.7. The van der Waals surface area contributed by atoms with E-state index < -0.39 is 0 Å². The molecule has 0 saturated carbocycles. The molecule has 5 heteroatoms. The maximum Gasteiger partial charge on any atom is 0.191 e. The van der Waals surface area contributed by atoms with Gasteiger partial charge in [0, 0.05) is 57.4 Å². The van der Waals surface area contributed by atoms with Crippen LogP contribution in [0.3, 0.4) is 0 Å². The van der Waals surface area contributed by atoms with E-state index in [4.69, 9.17) is 4.74 Å². The summed E-state index contributed by atoms with van der Waals surface area (Å²) in [6.07, 6.45) is 2.07. The minimum atomic E-state index is 0.110. The van der Waals surface area contributed by atoms with E-state index in [1.807, 2.05) is 7.05 Å². The fourth-order valence-corrected chi connectivity index (χ4v) is 4.01. The van der Waals surface area contributed by atoms with Crippen LogP contribution in [-0.4, -0.2) is 62.8 Å². The van der Waals surface area contributed by atoms with Gasteiger partial charge in [0.15, 0.2) is 5.96 Å². The number of rotatable bonds is 8. The second-order valence-corrected chi connectivity index (χ2v) is 8.04. The lowest BCUT2D eigenvalue weighted by Crippen LogP contribution is -2.49. The first-order valence-corrected chi connectivity index (χ1v) is 10.3. The van der Waals surface area contributed by atoms with Crippen LogP contribution in [-0.2, 0) is 10.2 Å². The van der Waals surface area contributed by atoms with Gasteiger partial charge in [-0.25, -0.2) is 0 Å². The molecule has 0 atom stereocenters. The average Bonchev–Trinajstić information content (AvgIpc) is 2.68. The third-order valence-corrected chi connectivity index (χ3v) is 5.64. The van der Waals surface area contributed by atoms with Crippen LogP contribution in [0.2, 0.25) is 0 Å². The van der Waals surface area contributed by atoms with Gasteiger partial charge in [-0.3, -0.25) is 9.89 Å². The number of ether oxygens (including phenoxy) is 1. The molecule has 1 heterocycles. The van der Waals surface area contributed by atoms with E-state index in [-0.39, 0.29) is 5.41 Å². The van der Waals surface area contributed by atoms with Crippen molar-refractivity contribution in [2.24, 2.45) is 4.99 Å². The normalized spacial score (nSPS) is 17.6. The van der Waals surface area contributed by atoms with Gasteiger partial charge in [0.2, 0.25) is 0 Å². The molecule has 0 unspecified atom stereocenters. The molecule has 1 aliphatic heterocycles. The molecule has 0 aliphatic carbocycles. The topological polar surface area (TPSA) is 48.9 Å². The Hall–Kier alpha value is -1.59. The summed E-state index contributed by atoms with van der Waals surface area (Å²) < 4.78 is 5.64. The van der Waals surface area contributed by atoms with E-state index in [1.54, 1.807) is 0 Å². The molecule has 0 bridgehead atoms. The zero-order valence-corrected chi connectivity index (χ0v) is 17.8. The van der Waals surface area contributed by atoms with Crippen LogP contribution in [0, 0.1) is 0 Å². The zero-order valence-electron chi connectivity index (χ0n) is 17.8. The summed E-state index contributed by atoms with van der Waals surface area (Å²) in [5.74, 6) is 0.879. The fourth-order valence-electron chi connectivity index (χ4n) is 4.01. The largest absolute Gasteiger partial charge is 0.381 e. The van der Waals surface area contributed by atoms with Crippen molar-refractivity contribution in [3.8, 4) is 0 Å². The lowest BCUT2D eigenvalue weighted by Gasteiger charge is -2.38. The van der Waals surface area contributed by atoms with Crippen molar-refractivity contribution in [1.29, 1.82) is 0 Å². The molecular formula is C22H38N4O. The number of aliphatic imine (C=N–C) groups is 1. The third-order valence-electron chi connectivity index (χ3n) is 5.64. The molecule has 27 heavy (non-hydrogen) atoms. The van der Waals surface area contributed by atoms with Crippen LogP contribution < -0.4 is 10.6 Å². The Bertz CT molecular complexity index is 557. The molecule has 1 fully saturated rings. The van der Waals surface area contributed by atoms with Crippen molar-refractivity contribution in [2.75, 3.05) is 39.9 Å². The van der Waals surface area contributed by atoms with Crippen LogP contribution in [0.1, 0.15) is 46.1 Å². The summed E-state index contributed by atoms with van der Waals surface area (Å²) in [7, 11) is 1.84. The van der Waals surface area contributed by atoms with Gasteiger partial charge in [-0.2, -0.15) is 0 Å². The lowest BCUT2D eigenvalue weighted by molar-refractivity contribution is 0.0514. The number of hydrogen-bond donors (Lipinski definition) is 2. The maximum absolute atomic E-state index is 5.64. The van der Waals surface area contributed by atoms with Crippen LogP contribution in [0.15, 0.2) is 35.3 Å². The summed E-state index contributed by atoms with van der Waals surface area (Å²) in [5, 5.41) is 7.06. The smallest absolute Gasteiger partial charge is 0.191 e. The predicted octanol–water partition coefficient (Wildman–Crippen LogP) is 3.02. The van der Waals surface area contributed by atoms with E-state index in [0.29, 0.717) is 12.1 Å². The Morgan fingerprint density at radius 1 is 1.07 bits per heavy atom. The van der Waals surface area contributed by atoms with Gasteiger partial charge in [0.25, 0.3) is 0 Å². The molecule has 1 aromatic rings. The fraction of sp³-hybridized carbons (Fsp3) is 0.682. The average molecular weight is 375 g/mol. The van der Waals surface area contributed by atoms with E-state index in [0.717, 1.165) is 51.6 Å². The molecule has 0 amide bonds. The molecule has 2 rings (SSSR count). The number of guanidine groups is 1. The molecule has 0 aromatic heterocycles. The van der Waals surface area contributed by atoms with Gasteiger partial charge < -0.3 is 15.4 Å². The van der Waals surface area contributed by atoms with Gasteiger partial charge in [0.05, 0.1) is 0 Å². The molecular weight excluding hydrogens is 336 g/mol. The minimum Gasteiger partial charge on any atom is -0.381 e. The van der Waals surface area contributed by atoms with Crippen molar-refractivity contribution in [3.63, 3.8) is 0 Å². The molecule has 0 radical (unpaired) electrons. The van der Waals surface area contributed by atoms with Crippen LogP contribution in [0.4, 0.5) is 0 Å². The predicted molar refractivity (Wildman–Crippen MR) is 115 cm³/mol. The second-order valence-electron chi connectivity index (χ2n) is 8.04. The Morgan fingerprint density at radius 2 is 1.70 bits per heavy atom. The molecule has 2 N–H and O–H groups in total. The highest BCUT2D eigenvalue weighted by atomic mass is 16.5. The highest BCUT2D eigenvalue weighted by Gasteiger charge is 2.34. The molecule has 1 saturated heterocycles. The molecule has 152 valence electrons. The first-order chi connectivity index (χ1) is 13.0. The summed E-state index contributed by atoms with van der Waals surface area (Å²) in [4.78, 5) is 6.92. The number of hydrogen-bond acceptors (Lipinski definition) is 3. The molecule has 0 spiro atoms. The van der Waals surface area contributed by atoms with Gasteiger partial charge in [0.1, 0.15) is 0 Å². The van der Waals surface area contributed by atoms with Crippen molar-refractivity contribution in [3.05, 3.63) is 35.9 Å². The van der Waals surface area contributed by atoms with Crippen LogP contribution >= 0.6 is 0 Å². The first-order valence-electron chi connectivity index (χ1n) is 10.3. The van der Waals surface area contributed by atoms with Gasteiger partial charge in [-0.05, 0) is 46.1 Å². The van der Waals surface area contributed by atoms with Crippen LogP contribution in [0.5, 0.6) is 0 Å². The third kappa shape index (κ3) is 6.22. The minimum absolute atomic E-state index is 0.110.